The Morgan fingerprint density at radius 1 is 1.18 bits per heavy atom. The number of carbonyl (C=O) groups excluding carboxylic acids is 2. The van der Waals surface area contributed by atoms with Crippen LogP contribution < -0.4 is 5.73 Å². The summed E-state index contributed by atoms with van der Waals surface area (Å²) in [6.45, 7) is 4.76. The van der Waals surface area contributed by atoms with E-state index in [0.29, 0.717) is 42.2 Å². The normalized spacial score (nSPS) is 18.1. The average Bonchev–Trinajstić information content (AvgIpc) is 2.89. The van der Waals surface area contributed by atoms with Crippen molar-refractivity contribution in [3.05, 3.63) is 65.0 Å². The molecule has 8 nitrogen and oxygen atoms in total. The summed E-state index contributed by atoms with van der Waals surface area (Å²) < 4.78 is 13.3. The highest BCUT2D eigenvalue weighted by Gasteiger charge is 2.28. The predicted octanol–water partition coefficient (Wildman–Crippen LogP) is 4.06. The van der Waals surface area contributed by atoms with Crippen molar-refractivity contribution in [1.29, 1.82) is 5.26 Å². The van der Waals surface area contributed by atoms with Gasteiger partial charge in [0.2, 0.25) is 5.96 Å². The number of likely N-dealkylation sites (tertiary alicyclic amines) is 1. The van der Waals surface area contributed by atoms with Gasteiger partial charge in [0.25, 0.3) is 0 Å². The molecule has 1 aliphatic heterocycles. The fourth-order valence-corrected chi connectivity index (χ4v) is 5.02. The third-order valence-corrected chi connectivity index (χ3v) is 7.06. The second kappa shape index (κ2) is 13.8. The first kappa shape index (κ1) is 29.0. The van der Waals surface area contributed by atoms with Crippen molar-refractivity contribution >= 4 is 23.2 Å². The average molecular weight is 522 g/mol. The number of nitriles is 1. The molecule has 9 heteroatoms. The Hall–Kier alpha value is -3.61. The molecule has 0 saturated carbocycles. The van der Waals surface area contributed by atoms with Crippen LogP contribution in [0.25, 0.3) is 0 Å². The summed E-state index contributed by atoms with van der Waals surface area (Å²) >= 11 is 0. The van der Waals surface area contributed by atoms with Crippen molar-refractivity contribution in [1.82, 2.24) is 9.80 Å². The quantitative estimate of drug-likeness (QED) is 0.150. The Labute approximate surface area is 223 Å². The Bertz CT molecular complexity index is 1160. The van der Waals surface area contributed by atoms with E-state index in [0.717, 1.165) is 37.8 Å². The summed E-state index contributed by atoms with van der Waals surface area (Å²) in [5.74, 6) is -0.174. The standard InChI is InChI=1S/C29H36FN5O3/c1-20(37)24-16-25(21(2)38)18-27(17-24)33-29(32)35(19-31)10-3-4-28-15-23(9-11-34(28)12-13-36)14-22-5-7-26(30)8-6-22/h5-8,16-18,23,28,36H,3-4,9-15H2,1-2H3,(H2,32,33)/t23-,28-/m0/s1. The number of nitrogens with zero attached hydrogens (tertiary/aromatic N) is 4. The molecule has 1 aliphatic rings. The number of Topliss-reactive ketones (excluding diaryl/α,β-unsaturated/α-hetero) is 2. The van der Waals surface area contributed by atoms with Gasteiger partial charge in [-0.3, -0.25) is 14.5 Å². The first-order chi connectivity index (χ1) is 18.2. The Balaban J connectivity index is 1.64. The Morgan fingerprint density at radius 2 is 1.84 bits per heavy atom. The van der Waals surface area contributed by atoms with Gasteiger partial charge < -0.3 is 10.8 Å². The van der Waals surface area contributed by atoms with Crippen molar-refractivity contribution in [2.75, 3.05) is 26.2 Å². The van der Waals surface area contributed by atoms with E-state index in [9.17, 15) is 24.3 Å². The summed E-state index contributed by atoms with van der Waals surface area (Å²) in [7, 11) is 0. The van der Waals surface area contributed by atoms with Gasteiger partial charge >= 0.3 is 0 Å². The number of aliphatic imine (C=N–C) groups is 1. The van der Waals surface area contributed by atoms with Gasteiger partial charge in [0, 0.05) is 30.3 Å². The van der Waals surface area contributed by atoms with Gasteiger partial charge in [-0.25, -0.2) is 14.3 Å². The van der Waals surface area contributed by atoms with Crippen molar-refractivity contribution in [2.24, 2.45) is 16.6 Å². The van der Waals surface area contributed by atoms with Crippen LogP contribution >= 0.6 is 0 Å². The molecule has 2 aromatic carbocycles. The smallest absolute Gasteiger partial charge is 0.209 e. The molecule has 0 aliphatic carbocycles. The number of piperidine rings is 1. The van der Waals surface area contributed by atoms with Crippen LogP contribution in [0.15, 0.2) is 47.5 Å². The van der Waals surface area contributed by atoms with Crippen LogP contribution in [0.1, 0.15) is 65.8 Å². The van der Waals surface area contributed by atoms with E-state index in [1.165, 1.54) is 36.9 Å². The molecule has 3 N–H and O–H groups in total. The molecular weight excluding hydrogens is 485 g/mol. The molecule has 38 heavy (non-hydrogen) atoms. The maximum Gasteiger partial charge on any atom is 0.209 e. The van der Waals surface area contributed by atoms with Crippen LogP contribution in [0, 0.1) is 23.2 Å². The molecule has 2 atom stereocenters. The minimum atomic E-state index is -0.236. The highest BCUT2D eigenvalue weighted by Crippen LogP contribution is 2.28. The fourth-order valence-electron chi connectivity index (χ4n) is 5.02. The number of aliphatic hydroxyl groups is 1. The molecule has 0 bridgehead atoms. The van der Waals surface area contributed by atoms with Gasteiger partial charge in [-0.15, -0.1) is 0 Å². The lowest BCUT2D eigenvalue weighted by Crippen LogP contribution is -2.44. The summed E-state index contributed by atoms with van der Waals surface area (Å²) in [5, 5.41) is 19.2. The molecule has 0 aromatic heterocycles. The van der Waals surface area contributed by atoms with E-state index in [2.05, 4.69) is 16.1 Å². The highest BCUT2D eigenvalue weighted by molar-refractivity contribution is 6.01. The van der Waals surface area contributed by atoms with Crippen LogP contribution in [0.3, 0.4) is 0 Å². The van der Waals surface area contributed by atoms with Crippen molar-refractivity contribution < 1.29 is 19.1 Å². The second-order valence-corrected chi connectivity index (χ2v) is 9.88. The van der Waals surface area contributed by atoms with Gasteiger partial charge in [-0.1, -0.05) is 12.1 Å². The molecule has 1 heterocycles. The highest BCUT2D eigenvalue weighted by atomic mass is 19.1. The lowest BCUT2D eigenvalue weighted by molar-refractivity contribution is 0.0825. The molecule has 1 fully saturated rings. The third-order valence-electron chi connectivity index (χ3n) is 7.06. The number of carbonyl (C=O) groups is 2. The van der Waals surface area contributed by atoms with Gasteiger partial charge in [0.15, 0.2) is 17.8 Å². The summed E-state index contributed by atoms with van der Waals surface area (Å²) in [6, 6.07) is 11.5. The van der Waals surface area contributed by atoms with Gasteiger partial charge in [0.05, 0.1) is 12.3 Å². The zero-order chi connectivity index (χ0) is 27.7. The largest absolute Gasteiger partial charge is 0.395 e. The monoisotopic (exact) mass is 521 g/mol. The number of aliphatic hydroxyl groups excluding tert-OH is 1. The summed E-state index contributed by atoms with van der Waals surface area (Å²) in [6.07, 6.45) is 6.44. The lowest BCUT2D eigenvalue weighted by Gasteiger charge is -2.39. The SMILES string of the molecule is CC(=O)c1cc(N=C(N)N(C#N)CCC[C@H]2C[C@H](Cc3ccc(F)cc3)CCN2CCO)cc(C(C)=O)c1. The van der Waals surface area contributed by atoms with E-state index in [1.54, 1.807) is 12.1 Å². The molecule has 0 unspecified atom stereocenters. The number of hydrogen-bond donors (Lipinski definition) is 2. The fraction of sp³-hybridized carbons (Fsp3) is 0.448. The van der Waals surface area contributed by atoms with E-state index in [-0.39, 0.29) is 36.0 Å². The van der Waals surface area contributed by atoms with Gasteiger partial charge in [-0.2, -0.15) is 5.26 Å². The molecule has 202 valence electrons. The van der Waals surface area contributed by atoms with E-state index in [4.69, 9.17) is 5.73 Å². The Kier molecular flexibility index (Phi) is 10.5. The number of rotatable bonds is 11. The number of benzene rings is 2. The number of guanidine groups is 1. The summed E-state index contributed by atoms with van der Waals surface area (Å²) in [5.41, 5.74) is 8.30. The van der Waals surface area contributed by atoms with Crippen LogP contribution in [-0.2, 0) is 6.42 Å². The molecule has 0 radical (unpaired) electrons. The maximum absolute atomic E-state index is 13.3. The maximum atomic E-state index is 13.3. The van der Waals surface area contributed by atoms with Crippen molar-refractivity contribution in [3.63, 3.8) is 0 Å². The minimum absolute atomic E-state index is 0.00671. The third kappa shape index (κ3) is 8.20. The number of β-amino-alcohol motifs (C(OH)–C–C–N with tert-alkyl or cyclic N) is 1. The number of ketones is 2. The molecule has 1 saturated heterocycles. The topological polar surface area (TPSA) is 123 Å². The van der Waals surface area contributed by atoms with Crippen molar-refractivity contribution in [2.45, 2.75) is 52.0 Å². The van der Waals surface area contributed by atoms with E-state index >= 15 is 0 Å². The number of hydrogen-bond acceptors (Lipinski definition) is 6. The van der Waals surface area contributed by atoms with Crippen LogP contribution in [-0.4, -0.2) is 64.7 Å². The molecular formula is C29H36FN5O3. The molecule has 2 aromatic rings. The first-order valence-corrected chi connectivity index (χ1v) is 13.0. The van der Waals surface area contributed by atoms with Crippen molar-refractivity contribution in [3.8, 4) is 6.19 Å². The molecule has 3 rings (SSSR count). The van der Waals surface area contributed by atoms with Crippen LogP contribution in [0.5, 0.6) is 0 Å². The van der Waals surface area contributed by atoms with Gasteiger partial charge in [-0.05, 0) is 94.3 Å². The van der Waals surface area contributed by atoms with Crippen LogP contribution in [0.2, 0.25) is 0 Å². The summed E-state index contributed by atoms with van der Waals surface area (Å²) in [4.78, 5) is 31.6. The predicted molar refractivity (Wildman–Crippen MR) is 145 cm³/mol. The van der Waals surface area contributed by atoms with Crippen LogP contribution in [0.4, 0.5) is 10.1 Å². The number of nitrogens with two attached hydrogens (primary N) is 1. The zero-order valence-electron chi connectivity index (χ0n) is 22.1. The van der Waals surface area contributed by atoms with E-state index < -0.39 is 0 Å². The lowest BCUT2D eigenvalue weighted by atomic mass is 9.84. The minimum Gasteiger partial charge on any atom is -0.395 e. The zero-order valence-corrected chi connectivity index (χ0v) is 22.1. The molecule has 0 amide bonds. The van der Waals surface area contributed by atoms with Gasteiger partial charge in [0.1, 0.15) is 5.82 Å². The first-order valence-electron chi connectivity index (χ1n) is 13.0. The number of halogens is 1. The Morgan fingerprint density at radius 3 is 2.42 bits per heavy atom. The van der Waals surface area contributed by atoms with E-state index in [1.807, 2.05) is 12.1 Å². The second-order valence-electron chi connectivity index (χ2n) is 9.88. The molecule has 0 spiro atoms.